The highest BCUT2D eigenvalue weighted by molar-refractivity contribution is 6.26. The van der Waals surface area contributed by atoms with Crippen molar-refractivity contribution in [1.82, 2.24) is 0 Å². The zero-order valence-electron chi connectivity index (χ0n) is 45.5. The van der Waals surface area contributed by atoms with Gasteiger partial charge in [0.1, 0.15) is 0 Å². The summed E-state index contributed by atoms with van der Waals surface area (Å²) >= 11 is 0. The van der Waals surface area contributed by atoms with Crippen LogP contribution in [0.15, 0.2) is 59.9 Å². The van der Waals surface area contributed by atoms with Crippen molar-refractivity contribution >= 4 is 22.9 Å². The van der Waals surface area contributed by atoms with Crippen LogP contribution in [0.1, 0.15) is 269 Å². The fourth-order valence-corrected chi connectivity index (χ4v) is 11.9. The summed E-state index contributed by atoms with van der Waals surface area (Å²) in [6, 6.07) is 13.6. The Bertz CT molecular complexity index is 1730. The number of unbranched alkanes of at least 4 members (excludes halogenated alkanes) is 30. The molecule has 0 unspecified atom stereocenters. The molecule has 0 aromatic heterocycles. The van der Waals surface area contributed by atoms with Crippen LogP contribution in [0.5, 0.6) is 0 Å². The number of aryl methyl sites for hydroxylation is 2. The number of carbonyl (C=O) groups excluding carboxylic acids is 2. The quantitative estimate of drug-likeness (QED) is 0.0504. The van der Waals surface area contributed by atoms with Crippen molar-refractivity contribution in [2.75, 3.05) is 22.9 Å². The third kappa shape index (κ3) is 15.9. The standard InChI is InChI=1S/C64H102N2O2/c1-9-11-13-15-17-19-21-23-25-27-29-31-33-35-37-39-45-65-57-47-51(3)41-43-55(57)63(5,6)59(65)49-53-61(67)54(62(53)68)50-60-64(7,8)56-44-42-52(4)48-58(56)66(60)46-40-38-36-34-32-30-28-26-24-22-20-18-16-14-12-10-2/h41-44,47-50,53-54H,9-40,45-46H2,1-8H3/b59-49+,60-50+. The number of allylic oxidation sites excluding steroid dienone is 4. The lowest BCUT2D eigenvalue weighted by Gasteiger charge is -2.35. The Kier molecular flexibility index (Phi) is 24.0. The number of rotatable bonds is 36. The number of nitrogens with zero attached hydrogens (tertiary/aromatic N) is 2. The molecule has 0 spiro atoms. The lowest BCUT2D eigenvalue weighted by atomic mass is 9.69. The average molecular weight is 932 g/mol. The van der Waals surface area contributed by atoms with Gasteiger partial charge in [0, 0.05) is 46.7 Å². The van der Waals surface area contributed by atoms with E-state index in [1.54, 1.807) is 0 Å². The number of ketones is 2. The first kappa shape index (κ1) is 55.8. The summed E-state index contributed by atoms with van der Waals surface area (Å²) in [6.07, 6.45) is 47.6. The molecule has 1 aliphatic carbocycles. The Morgan fingerprint density at radius 3 is 0.912 bits per heavy atom. The van der Waals surface area contributed by atoms with Gasteiger partial charge in [-0.05, 0) is 73.2 Å². The lowest BCUT2D eigenvalue weighted by Crippen LogP contribution is -2.48. The van der Waals surface area contributed by atoms with Crippen molar-refractivity contribution in [2.24, 2.45) is 11.8 Å². The van der Waals surface area contributed by atoms with Crippen molar-refractivity contribution in [2.45, 2.75) is 272 Å². The number of fused-ring (bicyclic) bond motifs is 2. The van der Waals surface area contributed by atoms with Gasteiger partial charge in [-0.2, -0.15) is 0 Å². The largest absolute Gasteiger partial charge is 0.344 e. The van der Waals surface area contributed by atoms with Crippen molar-refractivity contribution in [3.63, 3.8) is 0 Å². The van der Waals surface area contributed by atoms with E-state index >= 15 is 0 Å². The van der Waals surface area contributed by atoms with Crippen LogP contribution in [-0.4, -0.2) is 24.7 Å². The molecule has 2 aliphatic heterocycles. The highest BCUT2D eigenvalue weighted by Crippen LogP contribution is 2.51. The molecule has 1 saturated carbocycles. The highest BCUT2D eigenvalue weighted by atomic mass is 16.2. The van der Waals surface area contributed by atoms with Gasteiger partial charge in [-0.1, -0.05) is 258 Å². The average Bonchev–Trinajstić information content (AvgIpc) is 3.65. The van der Waals surface area contributed by atoms with Gasteiger partial charge in [0.2, 0.25) is 0 Å². The maximum absolute atomic E-state index is 14.3. The summed E-state index contributed by atoms with van der Waals surface area (Å²) in [4.78, 5) is 33.6. The SMILES string of the molecule is CCCCCCCCCCCCCCCCCCN1/C(=C/C2C(=O)C(/C=C3/N(CCCCCCCCCCCCCCCCCC)c4cc(C)ccc4C3(C)C)C2=O)C(C)(C)c2ccc(C)cc21. The number of anilines is 2. The summed E-state index contributed by atoms with van der Waals surface area (Å²) in [5.41, 5.74) is 9.31. The van der Waals surface area contributed by atoms with Crippen LogP contribution < -0.4 is 9.80 Å². The van der Waals surface area contributed by atoms with E-state index in [2.05, 4.69) is 114 Å². The summed E-state index contributed by atoms with van der Waals surface area (Å²) in [5.74, 6) is -1.24. The molecule has 0 radical (unpaired) electrons. The first-order chi connectivity index (χ1) is 32.9. The van der Waals surface area contributed by atoms with Crippen molar-refractivity contribution in [1.29, 1.82) is 0 Å². The second-order valence-corrected chi connectivity index (χ2v) is 23.1. The Labute approximate surface area is 419 Å². The van der Waals surface area contributed by atoms with Gasteiger partial charge in [-0.25, -0.2) is 0 Å². The van der Waals surface area contributed by atoms with Crippen LogP contribution in [0.4, 0.5) is 11.4 Å². The van der Waals surface area contributed by atoms with Gasteiger partial charge in [0.25, 0.3) is 0 Å². The van der Waals surface area contributed by atoms with Crippen LogP contribution in [-0.2, 0) is 20.4 Å². The molecule has 4 heteroatoms. The van der Waals surface area contributed by atoms with Gasteiger partial charge in [0.15, 0.2) is 11.6 Å². The van der Waals surface area contributed by atoms with E-state index in [4.69, 9.17) is 0 Å². The summed E-state index contributed by atoms with van der Waals surface area (Å²) in [5, 5.41) is 0. The second-order valence-electron chi connectivity index (χ2n) is 23.1. The van der Waals surface area contributed by atoms with E-state index in [0.717, 1.165) is 37.3 Å². The molecule has 4 nitrogen and oxygen atoms in total. The van der Waals surface area contributed by atoms with E-state index in [-0.39, 0.29) is 22.4 Å². The minimum absolute atomic E-state index is 0.0607. The molecule has 2 heterocycles. The fraction of sp³-hybridized carbons (Fsp3) is 0.719. The molecule has 3 aliphatic rings. The molecular weight excluding hydrogens is 829 g/mol. The van der Waals surface area contributed by atoms with Crippen LogP contribution in [0, 0.1) is 25.7 Å². The van der Waals surface area contributed by atoms with Gasteiger partial charge in [-0.3, -0.25) is 9.59 Å². The first-order valence-corrected chi connectivity index (χ1v) is 29.2. The highest BCUT2D eigenvalue weighted by Gasteiger charge is 2.51. The third-order valence-corrected chi connectivity index (χ3v) is 16.4. The van der Waals surface area contributed by atoms with Crippen molar-refractivity contribution < 1.29 is 9.59 Å². The third-order valence-electron chi connectivity index (χ3n) is 16.4. The smallest absolute Gasteiger partial charge is 0.161 e. The van der Waals surface area contributed by atoms with Crippen LogP contribution in [0.3, 0.4) is 0 Å². The van der Waals surface area contributed by atoms with Crippen molar-refractivity contribution in [3.8, 4) is 0 Å². The molecule has 0 atom stereocenters. The predicted molar refractivity (Wildman–Crippen MR) is 295 cm³/mol. The Hall–Kier alpha value is -3.14. The molecule has 380 valence electrons. The van der Waals surface area contributed by atoms with Crippen LogP contribution in [0.2, 0.25) is 0 Å². The molecule has 0 N–H and O–H groups in total. The number of Topliss-reactive ketones (excluding diaryl/α,β-unsaturated/α-hetero) is 2. The summed E-state index contributed by atoms with van der Waals surface area (Å²) in [7, 11) is 0. The Morgan fingerprint density at radius 1 is 0.397 bits per heavy atom. The second kappa shape index (κ2) is 29.3. The van der Waals surface area contributed by atoms with Crippen LogP contribution >= 0.6 is 0 Å². The molecule has 0 amide bonds. The van der Waals surface area contributed by atoms with E-state index in [0.29, 0.717) is 0 Å². The maximum atomic E-state index is 14.3. The molecular formula is C64H102N2O2. The molecule has 68 heavy (non-hydrogen) atoms. The molecule has 1 fully saturated rings. The molecule has 0 bridgehead atoms. The number of benzene rings is 2. The molecule has 5 rings (SSSR count). The minimum atomic E-state index is -0.683. The topological polar surface area (TPSA) is 40.6 Å². The van der Waals surface area contributed by atoms with Gasteiger partial charge in [0.05, 0.1) is 11.8 Å². The van der Waals surface area contributed by atoms with E-state index in [9.17, 15) is 9.59 Å². The summed E-state index contributed by atoms with van der Waals surface area (Å²) < 4.78 is 0. The number of hydrogen-bond donors (Lipinski definition) is 0. The van der Waals surface area contributed by atoms with Crippen molar-refractivity contribution in [3.05, 3.63) is 82.2 Å². The monoisotopic (exact) mass is 931 g/mol. The van der Waals surface area contributed by atoms with Gasteiger partial charge in [-0.15, -0.1) is 0 Å². The van der Waals surface area contributed by atoms with E-state index in [1.165, 1.54) is 226 Å². The zero-order valence-corrected chi connectivity index (χ0v) is 45.5. The normalized spacial score (nSPS) is 19.4. The number of hydrogen-bond acceptors (Lipinski definition) is 4. The minimum Gasteiger partial charge on any atom is -0.344 e. The molecule has 2 aromatic carbocycles. The molecule has 2 aromatic rings. The first-order valence-electron chi connectivity index (χ1n) is 29.2. The zero-order chi connectivity index (χ0) is 48.8. The Balaban J connectivity index is 1.11. The van der Waals surface area contributed by atoms with E-state index in [1.807, 2.05) is 0 Å². The van der Waals surface area contributed by atoms with Crippen LogP contribution in [0.25, 0.3) is 0 Å². The fourth-order valence-electron chi connectivity index (χ4n) is 11.9. The van der Waals surface area contributed by atoms with Gasteiger partial charge < -0.3 is 9.80 Å². The molecule has 0 saturated heterocycles. The Morgan fingerprint density at radius 2 is 0.647 bits per heavy atom. The van der Waals surface area contributed by atoms with E-state index < -0.39 is 11.8 Å². The predicted octanol–water partition coefficient (Wildman–Crippen LogP) is 18.9. The maximum Gasteiger partial charge on any atom is 0.161 e. The lowest BCUT2D eigenvalue weighted by molar-refractivity contribution is -0.146. The van der Waals surface area contributed by atoms with Gasteiger partial charge >= 0.3 is 0 Å². The summed E-state index contributed by atoms with van der Waals surface area (Å²) in [6.45, 7) is 19.9. The number of carbonyl (C=O) groups is 2.